The van der Waals surface area contributed by atoms with Crippen molar-refractivity contribution in [2.24, 2.45) is 0 Å². The Bertz CT molecular complexity index is 197. The minimum Gasteiger partial charge on any atom is -0.315 e. The zero-order chi connectivity index (χ0) is 16.1. The molecule has 0 aliphatic carbocycles. The van der Waals surface area contributed by atoms with Gasteiger partial charge in [-0.2, -0.15) is 0 Å². The summed E-state index contributed by atoms with van der Waals surface area (Å²) in [7, 11) is 8.66. The summed E-state index contributed by atoms with van der Waals surface area (Å²) in [4.78, 5) is 4.62. The summed E-state index contributed by atoms with van der Waals surface area (Å²) in [5, 5.41) is 7.16. The summed E-state index contributed by atoms with van der Waals surface area (Å²) in [6, 6.07) is 1.34. The highest BCUT2D eigenvalue weighted by atomic mass is 15.1. The first-order valence-electron chi connectivity index (χ1n) is 8.77. The number of likely N-dealkylation sites (N-methyl/N-ethyl adjacent to an activating group) is 2. The van der Waals surface area contributed by atoms with Gasteiger partial charge in [0.2, 0.25) is 0 Å². The normalized spacial score (nSPS) is 14.9. The summed E-state index contributed by atoms with van der Waals surface area (Å²) in [5.74, 6) is 0. The van der Waals surface area contributed by atoms with Gasteiger partial charge in [0, 0.05) is 25.2 Å². The molecule has 2 unspecified atom stereocenters. The maximum Gasteiger partial charge on any atom is 0.0211 e. The van der Waals surface area contributed by atoms with E-state index in [2.05, 4.69) is 62.5 Å². The van der Waals surface area contributed by atoms with Crippen molar-refractivity contribution in [1.29, 1.82) is 0 Å². The van der Waals surface area contributed by atoms with E-state index < -0.39 is 0 Å². The molecule has 0 radical (unpaired) electrons. The number of hydrogen-bond donors (Lipinski definition) is 2. The largest absolute Gasteiger partial charge is 0.315 e. The second kappa shape index (κ2) is 13.5. The monoisotopic (exact) mass is 300 g/mol. The van der Waals surface area contributed by atoms with Crippen LogP contribution in [0, 0.1) is 0 Å². The fourth-order valence-electron chi connectivity index (χ4n) is 2.60. The molecule has 0 fully saturated rings. The Kier molecular flexibility index (Phi) is 13.4. The van der Waals surface area contributed by atoms with E-state index >= 15 is 0 Å². The van der Waals surface area contributed by atoms with E-state index in [9.17, 15) is 0 Å². The van der Waals surface area contributed by atoms with Gasteiger partial charge in [0.05, 0.1) is 0 Å². The van der Waals surface area contributed by atoms with E-state index in [0.717, 1.165) is 26.2 Å². The smallest absolute Gasteiger partial charge is 0.0211 e. The summed E-state index contributed by atoms with van der Waals surface area (Å²) in [6.45, 7) is 9.05. The molecule has 128 valence electrons. The van der Waals surface area contributed by atoms with Crippen LogP contribution in [0.25, 0.3) is 0 Å². The van der Waals surface area contributed by atoms with E-state index in [0.29, 0.717) is 12.1 Å². The maximum atomic E-state index is 3.58. The molecular weight excluding hydrogens is 260 g/mol. The maximum absolute atomic E-state index is 3.58. The van der Waals surface area contributed by atoms with Crippen molar-refractivity contribution in [2.75, 3.05) is 54.4 Å². The molecule has 0 heterocycles. The average molecular weight is 301 g/mol. The Balaban J connectivity index is 3.37. The Labute approximate surface area is 133 Å². The summed E-state index contributed by atoms with van der Waals surface area (Å²) >= 11 is 0. The van der Waals surface area contributed by atoms with Crippen LogP contribution in [-0.4, -0.2) is 76.3 Å². The lowest BCUT2D eigenvalue weighted by Crippen LogP contribution is -2.38. The van der Waals surface area contributed by atoms with Crippen molar-refractivity contribution in [3.8, 4) is 0 Å². The number of nitrogens with one attached hydrogen (secondary N) is 2. The molecule has 0 aromatic carbocycles. The van der Waals surface area contributed by atoms with Crippen LogP contribution in [-0.2, 0) is 0 Å². The second-order valence-corrected chi connectivity index (χ2v) is 6.52. The SMILES string of the molecule is CCC(CNCCCCCNCC(CC)N(C)C)N(C)C. The second-order valence-electron chi connectivity index (χ2n) is 6.52. The van der Waals surface area contributed by atoms with Gasteiger partial charge in [-0.05, 0) is 67.0 Å². The van der Waals surface area contributed by atoms with Gasteiger partial charge in [-0.1, -0.05) is 20.3 Å². The first kappa shape index (κ1) is 20.8. The molecule has 0 bridgehead atoms. The third-order valence-corrected chi connectivity index (χ3v) is 4.37. The van der Waals surface area contributed by atoms with Crippen LogP contribution in [0.3, 0.4) is 0 Å². The van der Waals surface area contributed by atoms with Crippen molar-refractivity contribution < 1.29 is 0 Å². The van der Waals surface area contributed by atoms with Crippen LogP contribution in [0.15, 0.2) is 0 Å². The van der Waals surface area contributed by atoms with Crippen LogP contribution >= 0.6 is 0 Å². The molecule has 2 N–H and O–H groups in total. The van der Waals surface area contributed by atoms with Crippen LogP contribution in [0.1, 0.15) is 46.0 Å². The quantitative estimate of drug-likeness (QED) is 0.481. The first-order chi connectivity index (χ1) is 10.0. The van der Waals surface area contributed by atoms with Gasteiger partial charge in [0.1, 0.15) is 0 Å². The number of unbranched alkanes of at least 4 members (excludes halogenated alkanes) is 2. The van der Waals surface area contributed by atoms with Gasteiger partial charge in [0.25, 0.3) is 0 Å². The molecule has 0 aromatic heterocycles. The minimum absolute atomic E-state index is 0.670. The van der Waals surface area contributed by atoms with E-state index in [1.54, 1.807) is 0 Å². The van der Waals surface area contributed by atoms with Crippen molar-refractivity contribution >= 4 is 0 Å². The minimum atomic E-state index is 0.670. The molecule has 0 aliphatic rings. The van der Waals surface area contributed by atoms with Gasteiger partial charge < -0.3 is 20.4 Å². The Morgan fingerprint density at radius 2 is 1.05 bits per heavy atom. The molecule has 0 aliphatic heterocycles. The lowest BCUT2D eigenvalue weighted by Gasteiger charge is -2.23. The summed E-state index contributed by atoms with van der Waals surface area (Å²) in [6.07, 6.45) is 6.33. The van der Waals surface area contributed by atoms with E-state index in [4.69, 9.17) is 0 Å². The standard InChI is InChI=1S/C17H40N4/c1-7-16(20(3)4)14-18-12-10-9-11-13-19-15-17(8-2)21(5)6/h16-19H,7-15H2,1-6H3. The van der Waals surface area contributed by atoms with Crippen LogP contribution in [0.2, 0.25) is 0 Å². The molecule has 0 saturated heterocycles. The van der Waals surface area contributed by atoms with Gasteiger partial charge >= 0.3 is 0 Å². The molecule has 4 heteroatoms. The first-order valence-corrected chi connectivity index (χ1v) is 8.77. The number of rotatable bonds is 14. The molecule has 0 rings (SSSR count). The highest BCUT2D eigenvalue weighted by molar-refractivity contribution is 4.68. The van der Waals surface area contributed by atoms with Gasteiger partial charge in [-0.25, -0.2) is 0 Å². The Hall–Kier alpha value is -0.160. The highest BCUT2D eigenvalue weighted by Gasteiger charge is 2.08. The summed E-state index contributed by atoms with van der Waals surface area (Å²) in [5.41, 5.74) is 0. The zero-order valence-electron chi connectivity index (χ0n) is 15.4. The highest BCUT2D eigenvalue weighted by Crippen LogP contribution is 1.99. The van der Waals surface area contributed by atoms with Crippen LogP contribution in [0.4, 0.5) is 0 Å². The average Bonchev–Trinajstić information content (AvgIpc) is 2.44. The summed E-state index contributed by atoms with van der Waals surface area (Å²) < 4.78 is 0. The molecule has 0 amide bonds. The third-order valence-electron chi connectivity index (χ3n) is 4.37. The van der Waals surface area contributed by atoms with E-state index in [-0.39, 0.29) is 0 Å². The predicted octanol–water partition coefficient (Wildman–Crippen LogP) is 2.02. The fourth-order valence-corrected chi connectivity index (χ4v) is 2.60. The van der Waals surface area contributed by atoms with Crippen molar-refractivity contribution in [3.05, 3.63) is 0 Å². The predicted molar refractivity (Wildman–Crippen MR) is 95.1 cm³/mol. The lowest BCUT2D eigenvalue weighted by molar-refractivity contribution is 0.274. The van der Waals surface area contributed by atoms with E-state index in [1.807, 2.05) is 0 Å². The molecule has 21 heavy (non-hydrogen) atoms. The topological polar surface area (TPSA) is 30.5 Å². The van der Waals surface area contributed by atoms with Gasteiger partial charge in [0.15, 0.2) is 0 Å². The Morgan fingerprint density at radius 1 is 0.667 bits per heavy atom. The molecule has 2 atom stereocenters. The van der Waals surface area contributed by atoms with E-state index in [1.165, 1.54) is 32.1 Å². The lowest BCUT2D eigenvalue weighted by atomic mass is 10.2. The van der Waals surface area contributed by atoms with Crippen LogP contribution < -0.4 is 10.6 Å². The molecule has 0 saturated carbocycles. The molecule has 0 spiro atoms. The fraction of sp³-hybridized carbons (Fsp3) is 1.00. The molecule has 0 aromatic rings. The number of nitrogens with zero attached hydrogens (tertiary/aromatic N) is 2. The molecule has 4 nitrogen and oxygen atoms in total. The Morgan fingerprint density at radius 3 is 1.33 bits per heavy atom. The van der Waals surface area contributed by atoms with Gasteiger partial charge in [-0.3, -0.25) is 0 Å². The van der Waals surface area contributed by atoms with Crippen LogP contribution in [0.5, 0.6) is 0 Å². The number of hydrogen-bond acceptors (Lipinski definition) is 4. The van der Waals surface area contributed by atoms with Crippen molar-refractivity contribution in [3.63, 3.8) is 0 Å². The van der Waals surface area contributed by atoms with Crippen molar-refractivity contribution in [1.82, 2.24) is 20.4 Å². The van der Waals surface area contributed by atoms with Gasteiger partial charge in [-0.15, -0.1) is 0 Å². The van der Waals surface area contributed by atoms with Crippen molar-refractivity contribution in [2.45, 2.75) is 58.0 Å². The molecular formula is C17H40N4. The third kappa shape index (κ3) is 11.1. The zero-order valence-corrected chi connectivity index (χ0v) is 15.4.